The number of aromatic nitrogens is 3. The first-order chi connectivity index (χ1) is 15.1. The Morgan fingerprint density at radius 3 is 2.68 bits per heavy atom. The molecule has 4 heterocycles. The van der Waals surface area contributed by atoms with E-state index in [0.717, 1.165) is 25.0 Å². The number of hydrogen-bond donors (Lipinski definition) is 3. The van der Waals surface area contributed by atoms with Gasteiger partial charge >= 0.3 is 0 Å². The molecule has 3 aromatic rings. The maximum atomic E-state index is 14.4. The average molecular weight is 424 g/mol. The van der Waals surface area contributed by atoms with E-state index >= 15 is 0 Å². The van der Waals surface area contributed by atoms with Crippen LogP contribution in [0.2, 0.25) is 0 Å². The van der Waals surface area contributed by atoms with E-state index < -0.39 is 11.6 Å². The van der Waals surface area contributed by atoms with Crippen molar-refractivity contribution in [2.45, 2.75) is 18.9 Å². The van der Waals surface area contributed by atoms with Gasteiger partial charge in [0.1, 0.15) is 23.2 Å². The molecule has 2 aliphatic heterocycles. The Hall–Kier alpha value is -3.66. The van der Waals surface area contributed by atoms with Crippen LogP contribution in [0, 0.1) is 11.6 Å². The molecule has 0 spiro atoms. The molecular formula is C21H18F2N6O2. The van der Waals surface area contributed by atoms with Crippen molar-refractivity contribution >= 4 is 23.2 Å². The summed E-state index contributed by atoms with van der Waals surface area (Å²) in [5.41, 5.74) is 1.43. The highest BCUT2D eigenvalue weighted by Gasteiger charge is 2.25. The Bertz CT molecular complexity index is 1170. The van der Waals surface area contributed by atoms with Gasteiger partial charge in [-0.15, -0.1) is 0 Å². The second-order valence-electron chi connectivity index (χ2n) is 7.27. The fourth-order valence-corrected chi connectivity index (χ4v) is 3.65. The average Bonchev–Trinajstić information content (AvgIpc) is 3.16. The Morgan fingerprint density at radius 2 is 1.90 bits per heavy atom. The predicted molar refractivity (Wildman–Crippen MR) is 109 cm³/mol. The molecule has 0 saturated carbocycles. The zero-order valence-corrected chi connectivity index (χ0v) is 16.3. The van der Waals surface area contributed by atoms with Crippen LogP contribution in [-0.2, 0) is 4.74 Å². The van der Waals surface area contributed by atoms with E-state index in [-0.39, 0.29) is 34.9 Å². The zero-order valence-electron chi connectivity index (χ0n) is 16.3. The lowest BCUT2D eigenvalue weighted by Gasteiger charge is -2.22. The van der Waals surface area contributed by atoms with Gasteiger partial charge in [0.25, 0.3) is 5.91 Å². The van der Waals surface area contributed by atoms with Crippen LogP contribution in [0.1, 0.15) is 28.9 Å². The first-order valence-electron chi connectivity index (χ1n) is 9.83. The number of carbonyl (C=O) groups is 1. The normalized spacial score (nSPS) is 15.9. The molecule has 8 nitrogen and oxygen atoms in total. The van der Waals surface area contributed by atoms with Gasteiger partial charge in [-0.2, -0.15) is 5.10 Å². The third-order valence-electron chi connectivity index (χ3n) is 5.24. The highest BCUT2D eigenvalue weighted by molar-refractivity contribution is 6.13. The molecule has 1 aromatic carbocycles. The molecule has 1 fully saturated rings. The molecular weight excluding hydrogens is 406 g/mol. The third-order valence-corrected chi connectivity index (χ3v) is 5.24. The number of amides is 1. The van der Waals surface area contributed by atoms with Crippen LogP contribution in [-0.4, -0.2) is 46.2 Å². The van der Waals surface area contributed by atoms with Gasteiger partial charge in [-0.05, 0) is 37.1 Å². The Balaban J connectivity index is 1.56. The van der Waals surface area contributed by atoms with Gasteiger partial charge in [-0.3, -0.25) is 9.89 Å². The fraction of sp³-hybridized carbons (Fsp3) is 0.238. The minimum absolute atomic E-state index is 0.00862. The zero-order chi connectivity index (χ0) is 21.4. The summed E-state index contributed by atoms with van der Waals surface area (Å²) in [6.45, 7) is 1.19. The van der Waals surface area contributed by atoms with Crippen LogP contribution in [0.4, 0.5) is 20.3 Å². The van der Waals surface area contributed by atoms with Gasteiger partial charge in [0.15, 0.2) is 5.82 Å². The Kier molecular flexibility index (Phi) is 4.91. The molecule has 0 unspecified atom stereocenters. The molecule has 1 amide bonds. The molecule has 0 bridgehead atoms. The van der Waals surface area contributed by atoms with E-state index in [2.05, 4.69) is 30.8 Å². The number of halogens is 2. The van der Waals surface area contributed by atoms with Gasteiger partial charge in [0.2, 0.25) is 0 Å². The SMILES string of the molecule is O=C(NC1CCOCC1)c1ccc2c(n1)N=C(c1c(F)cccc1F)Nc1cn[nH]c1-2. The summed E-state index contributed by atoms with van der Waals surface area (Å²) in [7, 11) is 0. The molecule has 158 valence electrons. The Morgan fingerprint density at radius 1 is 1.13 bits per heavy atom. The summed E-state index contributed by atoms with van der Waals surface area (Å²) in [5, 5.41) is 12.7. The van der Waals surface area contributed by atoms with E-state index in [1.54, 1.807) is 12.1 Å². The number of pyridine rings is 1. The number of rotatable bonds is 3. The second kappa shape index (κ2) is 7.88. The van der Waals surface area contributed by atoms with Crippen molar-refractivity contribution in [3.63, 3.8) is 0 Å². The summed E-state index contributed by atoms with van der Waals surface area (Å²) in [5.74, 6) is -1.80. The van der Waals surface area contributed by atoms with Crippen LogP contribution in [0.15, 0.2) is 41.5 Å². The number of aliphatic imine (C=N–C) groups is 1. The standard InChI is InChI=1S/C21H18F2N6O2/c22-13-2-1-3-14(23)17(13)20-27-16-10-24-29-18(16)12-4-5-15(26-19(12)28-20)21(30)25-11-6-8-31-9-7-11/h1-5,10-11H,6-9H2,(H,24,29)(H,25,30)(H,26,27,28). The molecule has 0 radical (unpaired) electrons. The largest absolute Gasteiger partial charge is 0.381 e. The minimum atomic E-state index is -0.770. The first kappa shape index (κ1) is 19.3. The number of anilines is 1. The van der Waals surface area contributed by atoms with Crippen LogP contribution in [0.5, 0.6) is 0 Å². The van der Waals surface area contributed by atoms with Gasteiger partial charge in [0.05, 0.1) is 23.1 Å². The maximum Gasteiger partial charge on any atom is 0.270 e. The van der Waals surface area contributed by atoms with Gasteiger partial charge in [0, 0.05) is 24.8 Å². The third kappa shape index (κ3) is 3.66. The second-order valence-corrected chi connectivity index (χ2v) is 7.27. The van der Waals surface area contributed by atoms with Gasteiger partial charge < -0.3 is 15.4 Å². The van der Waals surface area contributed by atoms with E-state index in [1.807, 2.05) is 0 Å². The lowest BCUT2D eigenvalue weighted by molar-refractivity contribution is 0.0694. The molecule has 31 heavy (non-hydrogen) atoms. The molecule has 0 aliphatic carbocycles. The van der Waals surface area contributed by atoms with Crippen LogP contribution >= 0.6 is 0 Å². The number of hydrogen-bond acceptors (Lipinski definition) is 6. The first-order valence-corrected chi connectivity index (χ1v) is 9.83. The van der Waals surface area contributed by atoms with Crippen molar-refractivity contribution in [1.82, 2.24) is 20.5 Å². The lowest BCUT2D eigenvalue weighted by atomic mass is 10.1. The van der Waals surface area contributed by atoms with Crippen LogP contribution in [0.25, 0.3) is 11.3 Å². The Labute approximate surface area is 175 Å². The number of ether oxygens (including phenoxy) is 1. The summed E-state index contributed by atoms with van der Waals surface area (Å²) < 4.78 is 34.2. The smallest absolute Gasteiger partial charge is 0.270 e. The van der Waals surface area contributed by atoms with Gasteiger partial charge in [-0.25, -0.2) is 18.8 Å². The molecule has 5 rings (SSSR count). The minimum Gasteiger partial charge on any atom is -0.381 e. The summed E-state index contributed by atoms with van der Waals surface area (Å²) in [6.07, 6.45) is 2.95. The van der Waals surface area contributed by atoms with Crippen molar-refractivity contribution < 1.29 is 18.3 Å². The maximum absolute atomic E-state index is 14.4. The molecule has 10 heteroatoms. The fourth-order valence-electron chi connectivity index (χ4n) is 3.65. The highest BCUT2D eigenvalue weighted by atomic mass is 19.1. The molecule has 2 aromatic heterocycles. The molecule has 3 N–H and O–H groups in total. The topological polar surface area (TPSA) is 104 Å². The number of aromatic amines is 1. The number of nitrogens with zero attached hydrogens (tertiary/aromatic N) is 3. The van der Waals surface area contributed by atoms with Crippen molar-refractivity contribution in [2.24, 2.45) is 4.99 Å². The van der Waals surface area contributed by atoms with E-state index in [9.17, 15) is 13.6 Å². The van der Waals surface area contributed by atoms with Crippen molar-refractivity contribution in [3.8, 4) is 11.3 Å². The van der Waals surface area contributed by atoms with E-state index in [4.69, 9.17) is 4.74 Å². The quantitative estimate of drug-likeness (QED) is 0.599. The molecule has 2 aliphatic rings. The van der Waals surface area contributed by atoms with E-state index in [1.165, 1.54) is 12.3 Å². The van der Waals surface area contributed by atoms with Crippen molar-refractivity contribution in [2.75, 3.05) is 18.5 Å². The van der Waals surface area contributed by atoms with Crippen LogP contribution < -0.4 is 10.6 Å². The summed E-state index contributed by atoms with van der Waals surface area (Å²) >= 11 is 0. The van der Waals surface area contributed by atoms with Crippen molar-refractivity contribution in [1.29, 1.82) is 0 Å². The summed E-state index contributed by atoms with van der Waals surface area (Å²) in [6, 6.07) is 6.85. The predicted octanol–water partition coefficient (Wildman–Crippen LogP) is 3.16. The number of H-pyrrole nitrogens is 1. The highest BCUT2D eigenvalue weighted by Crippen LogP contribution is 2.36. The monoisotopic (exact) mass is 424 g/mol. The summed E-state index contributed by atoms with van der Waals surface area (Å²) in [4.78, 5) is 21.5. The van der Waals surface area contributed by atoms with Crippen LogP contribution in [0.3, 0.4) is 0 Å². The van der Waals surface area contributed by atoms with Crippen molar-refractivity contribution in [3.05, 3.63) is 59.4 Å². The van der Waals surface area contributed by atoms with Gasteiger partial charge in [-0.1, -0.05) is 6.07 Å². The number of benzene rings is 1. The lowest BCUT2D eigenvalue weighted by Crippen LogP contribution is -2.39. The molecule has 1 saturated heterocycles. The molecule has 0 atom stereocenters. The number of carbonyl (C=O) groups excluding carboxylic acids is 1. The number of nitrogens with one attached hydrogen (secondary N) is 3. The van der Waals surface area contributed by atoms with E-state index in [0.29, 0.717) is 30.2 Å². The number of fused-ring (bicyclic) bond motifs is 3. The number of amidine groups is 1.